The van der Waals surface area contributed by atoms with Crippen LogP contribution in [-0.2, 0) is 9.53 Å². The Morgan fingerprint density at radius 1 is 1.38 bits per heavy atom. The van der Waals surface area contributed by atoms with Crippen LogP contribution in [0.2, 0.25) is 0 Å². The van der Waals surface area contributed by atoms with Crippen LogP contribution >= 0.6 is 0 Å². The van der Waals surface area contributed by atoms with Gasteiger partial charge in [0, 0.05) is 44.3 Å². The van der Waals surface area contributed by atoms with Crippen molar-refractivity contribution in [1.29, 1.82) is 0 Å². The van der Waals surface area contributed by atoms with Gasteiger partial charge in [-0.05, 0) is 31.9 Å². The van der Waals surface area contributed by atoms with Crippen LogP contribution in [0.15, 0.2) is 18.8 Å². The van der Waals surface area contributed by atoms with E-state index in [9.17, 15) is 9.18 Å². The molecule has 2 aromatic rings. The molecule has 1 saturated heterocycles. The number of nitrogen functional groups attached to an aromatic ring is 1. The van der Waals surface area contributed by atoms with E-state index in [1.807, 2.05) is 17.9 Å². The number of piperazine rings is 1. The van der Waals surface area contributed by atoms with E-state index in [1.54, 1.807) is 7.11 Å². The number of hydrogen-bond acceptors (Lipinski definition) is 7. The molecule has 2 aliphatic rings. The standard InChI is InChI=1S/C23H29FN6O2/c1-4-19-17(24)12-26-22(27-19)16-11-18(25)23(28-21(16)15-5-6-15)29-8-9-30(14(2)13-29)20(31)7-10-32-3/h4,11-12,14-15H,1,5-10,13,25H2,2-3H3/t14-/m1/s1. The Morgan fingerprint density at radius 2 is 2.16 bits per heavy atom. The summed E-state index contributed by atoms with van der Waals surface area (Å²) in [6.07, 6.45) is 4.99. The number of aromatic nitrogens is 3. The molecule has 1 aliphatic heterocycles. The molecule has 1 amide bonds. The molecule has 1 aliphatic carbocycles. The first-order valence-electron chi connectivity index (χ1n) is 10.9. The molecule has 0 spiro atoms. The summed E-state index contributed by atoms with van der Waals surface area (Å²) in [4.78, 5) is 29.9. The van der Waals surface area contributed by atoms with E-state index in [-0.39, 0.29) is 17.6 Å². The Hall–Kier alpha value is -3.07. The van der Waals surface area contributed by atoms with E-state index < -0.39 is 5.82 Å². The van der Waals surface area contributed by atoms with Crippen LogP contribution < -0.4 is 10.6 Å². The van der Waals surface area contributed by atoms with E-state index in [0.717, 1.165) is 36.1 Å². The molecule has 32 heavy (non-hydrogen) atoms. The lowest BCUT2D eigenvalue weighted by Crippen LogP contribution is -2.54. The summed E-state index contributed by atoms with van der Waals surface area (Å²) < 4.78 is 18.9. The Labute approximate surface area is 187 Å². The highest BCUT2D eigenvalue weighted by Crippen LogP contribution is 2.45. The van der Waals surface area contributed by atoms with E-state index in [1.165, 1.54) is 6.08 Å². The molecule has 0 unspecified atom stereocenters. The number of nitrogens with two attached hydrogens (primary N) is 1. The Balaban J connectivity index is 1.61. The van der Waals surface area contributed by atoms with Gasteiger partial charge in [0.2, 0.25) is 5.91 Å². The molecule has 8 nitrogen and oxygen atoms in total. The third-order valence-corrected chi connectivity index (χ3v) is 6.00. The van der Waals surface area contributed by atoms with Gasteiger partial charge in [-0.3, -0.25) is 4.79 Å². The third-order valence-electron chi connectivity index (χ3n) is 6.00. The topological polar surface area (TPSA) is 97.5 Å². The summed E-state index contributed by atoms with van der Waals surface area (Å²) in [6.45, 7) is 7.98. The lowest BCUT2D eigenvalue weighted by Gasteiger charge is -2.41. The van der Waals surface area contributed by atoms with Crippen molar-refractivity contribution in [3.05, 3.63) is 36.0 Å². The summed E-state index contributed by atoms with van der Waals surface area (Å²) in [6, 6.07) is 1.88. The number of hydrogen-bond donors (Lipinski definition) is 1. The summed E-state index contributed by atoms with van der Waals surface area (Å²) in [5.41, 5.74) is 8.73. The lowest BCUT2D eigenvalue weighted by molar-refractivity contribution is -0.134. The van der Waals surface area contributed by atoms with Crippen molar-refractivity contribution in [2.45, 2.75) is 38.1 Å². The van der Waals surface area contributed by atoms with Crippen molar-refractivity contribution in [3.63, 3.8) is 0 Å². The molecule has 170 valence electrons. The normalized spacial score (nSPS) is 18.7. The van der Waals surface area contributed by atoms with Crippen LogP contribution in [0.5, 0.6) is 0 Å². The van der Waals surface area contributed by atoms with Gasteiger partial charge in [-0.2, -0.15) is 0 Å². The molecule has 1 saturated carbocycles. The maximum absolute atomic E-state index is 13.9. The maximum Gasteiger partial charge on any atom is 0.225 e. The molecule has 2 N–H and O–H groups in total. The molecule has 1 atom stereocenters. The number of pyridine rings is 1. The molecule has 2 aromatic heterocycles. The van der Waals surface area contributed by atoms with Gasteiger partial charge in [-0.25, -0.2) is 19.3 Å². The number of rotatable bonds is 7. The predicted octanol–water partition coefficient (Wildman–Crippen LogP) is 2.85. The first-order chi connectivity index (χ1) is 15.4. The Kier molecular flexibility index (Phi) is 6.36. The van der Waals surface area contributed by atoms with Gasteiger partial charge >= 0.3 is 0 Å². The first-order valence-corrected chi connectivity index (χ1v) is 10.9. The smallest absolute Gasteiger partial charge is 0.225 e. The third kappa shape index (κ3) is 4.43. The van der Waals surface area contributed by atoms with Crippen molar-refractivity contribution >= 4 is 23.5 Å². The zero-order chi connectivity index (χ0) is 22.8. The van der Waals surface area contributed by atoms with E-state index >= 15 is 0 Å². The van der Waals surface area contributed by atoms with Crippen LogP contribution in [-0.4, -0.2) is 65.2 Å². The molecule has 0 radical (unpaired) electrons. The molecular formula is C23H29FN6O2. The zero-order valence-corrected chi connectivity index (χ0v) is 18.6. The fraction of sp³-hybridized carbons (Fsp3) is 0.478. The minimum Gasteiger partial charge on any atom is -0.396 e. The largest absolute Gasteiger partial charge is 0.396 e. The second-order valence-corrected chi connectivity index (χ2v) is 8.36. The fourth-order valence-corrected chi connectivity index (χ4v) is 4.14. The molecule has 4 rings (SSSR count). The summed E-state index contributed by atoms with van der Waals surface area (Å²) in [5, 5.41) is 0. The summed E-state index contributed by atoms with van der Waals surface area (Å²) in [5.74, 6) is 1.02. The average molecular weight is 441 g/mol. The number of methoxy groups -OCH3 is 1. The fourth-order valence-electron chi connectivity index (χ4n) is 4.14. The number of halogens is 1. The van der Waals surface area contributed by atoms with Gasteiger partial charge in [-0.15, -0.1) is 0 Å². The number of amides is 1. The van der Waals surface area contributed by atoms with Gasteiger partial charge < -0.3 is 20.3 Å². The zero-order valence-electron chi connectivity index (χ0n) is 18.6. The van der Waals surface area contributed by atoms with E-state index in [4.69, 9.17) is 15.5 Å². The van der Waals surface area contributed by atoms with Crippen molar-refractivity contribution in [2.24, 2.45) is 0 Å². The molecule has 9 heteroatoms. The van der Waals surface area contributed by atoms with Gasteiger partial charge in [0.25, 0.3) is 0 Å². The van der Waals surface area contributed by atoms with Gasteiger partial charge in [0.1, 0.15) is 5.69 Å². The number of carbonyl (C=O) groups is 1. The predicted molar refractivity (Wildman–Crippen MR) is 122 cm³/mol. The van der Waals surface area contributed by atoms with E-state index in [2.05, 4.69) is 21.4 Å². The molecule has 0 aromatic carbocycles. The monoisotopic (exact) mass is 440 g/mol. The van der Waals surface area contributed by atoms with Crippen LogP contribution in [0.1, 0.15) is 43.5 Å². The van der Waals surface area contributed by atoms with Crippen LogP contribution in [0.4, 0.5) is 15.9 Å². The van der Waals surface area contributed by atoms with Gasteiger partial charge in [0.05, 0.1) is 30.6 Å². The molecule has 0 bridgehead atoms. The second-order valence-electron chi connectivity index (χ2n) is 8.36. The lowest BCUT2D eigenvalue weighted by atomic mass is 10.1. The van der Waals surface area contributed by atoms with Gasteiger partial charge in [0.15, 0.2) is 17.5 Å². The molecule has 3 heterocycles. The Morgan fingerprint density at radius 3 is 2.81 bits per heavy atom. The SMILES string of the molecule is C=Cc1nc(-c2cc(N)c(N3CCN(C(=O)CCOC)[C@H](C)C3)nc2C2CC2)ncc1F. The van der Waals surface area contributed by atoms with Crippen molar-refractivity contribution < 1.29 is 13.9 Å². The minimum absolute atomic E-state index is 0.0361. The van der Waals surface area contributed by atoms with E-state index in [0.29, 0.717) is 50.1 Å². The quantitative estimate of drug-likeness (QED) is 0.707. The number of ether oxygens (including phenoxy) is 1. The van der Waals surface area contributed by atoms with Crippen LogP contribution in [0.25, 0.3) is 17.5 Å². The average Bonchev–Trinajstić information content (AvgIpc) is 3.63. The highest BCUT2D eigenvalue weighted by Gasteiger charge is 2.33. The summed E-state index contributed by atoms with van der Waals surface area (Å²) >= 11 is 0. The Bertz CT molecular complexity index is 1030. The highest BCUT2D eigenvalue weighted by atomic mass is 19.1. The minimum atomic E-state index is -0.513. The first kappa shape index (κ1) is 22.1. The van der Waals surface area contributed by atoms with Crippen molar-refractivity contribution in [2.75, 3.05) is 44.0 Å². The molecule has 2 fully saturated rings. The van der Waals surface area contributed by atoms with Crippen LogP contribution in [0.3, 0.4) is 0 Å². The maximum atomic E-state index is 13.9. The summed E-state index contributed by atoms with van der Waals surface area (Å²) in [7, 11) is 1.60. The number of carbonyl (C=O) groups excluding carboxylic acids is 1. The molecular weight excluding hydrogens is 411 g/mol. The van der Waals surface area contributed by atoms with Gasteiger partial charge in [-0.1, -0.05) is 6.58 Å². The van der Waals surface area contributed by atoms with Crippen LogP contribution in [0, 0.1) is 5.82 Å². The second kappa shape index (κ2) is 9.20. The highest BCUT2D eigenvalue weighted by molar-refractivity contribution is 5.78. The van der Waals surface area contributed by atoms with Crippen molar-refractivity contribution in [1.82, 2.24) is 19.9 Å². The number of anilines is 2. The number of nitrogens with zero attached hydrogens (tertiary/aromatic N) is 5. The van der Waals surface area contributed by atoms with Crippen molar-refractivity contribution in [3.8, 4) is 11.4 Å².